The molecule has 8 nitrogen and oxygen atoms in total. The molecule has 1 spiro atoms. The summed E-state index contributed by atoms with van der Waals surface area (Å²) in [5, 5.41) is 13.8. The van der Waals surface area contributed by atoms with E-state index in [-0.39, 0.29) is 23.3 Å². The Morgan fingerprint density at radius 1 is 1.29 bits per heavy atom. The monoisotopic (exact) mass is 499 g/mol. The number of ether oxygens (including phenoxy) is 1. The zero-order valence-electron chi connectivity index (χ0n) is 18.2. The van der Waals surface area contributed by atoms with E-state index in [1.807, 2.05) is 27.8 Å². The number of thiophene rings is 1. The maximum atomic E-state index is 12.6. The van der Waals surface area contributed by atoms with Crippen molar-refractivity contribution in [3.63, 3.8) is 0 Å². The van der Waals surface area contributed by atoms with Crippen molar-refractivity contribution in [3.8, 4) is 0 Å². The Hall–Kier alpha value is -2.99. The highest BCUT2D eigenvalue weighted by Crippen LogP contribution is 2.42. The van der Waals surface area contributed by atoms with E-state index < -0.39 is 18.2 Å². The number of rotatable bonds is 3. The van der Waals surface area contributed by atoms with Gasteiger partial charge in [0.25, 0.3) is 11.8 Å². The Balaban J connectivity index is 0.000000406. The van der Waals surface area contributed by atoms with Gasteiger partial charge in [0.2, 0.25) is 0 Å². The van der Waals surface area contributed by atoms with Gasteiger partial charge in [-0.25, -0.2) is 4.79 Å². The number of piperidine rings is 1. The van der Waals surface area contributed by atoms with Gasteiger partial charge in [-0.1, -0.05) is 6.92 Å². The highest BCUT2D eigenvalue weighted by molar-refractivity contribution is 7.08. The maximum Gasteiger partial charge on any atom is 0.490 e. The zero-order valence-corrected chi connectivity index (χ0v) is 19.1. The molecule has 2 aliphatic heterocycles. The number of hydrogen-bond donors (Lipinski definition) is 2. The highest BCUT2D eigenvalue weighted by atomic mass is 32.1. The second-order valence-electron chi connectivity index (χ2n) is 8.16. The molecule has 184 valence electrons. The summed E-state index contributed by atoms with van der Waals surface area (Å²) < 4.78 is 38.0. The van der Waals surface area contributed by atoms with Crippen LogP contribution in [0.25, 0.3) is 0 Å². The van der Waals surface area contributed by atoms with Gasteiger partial charge in [-0.15, -0.1) is 0 Å². The van der Waals surface area contributed by atoms with Crippen LogP contribution in [0.5, 0.6) is 0 Å². The smallest absolute Gasteiger partial charge is 0.475 e. The average molecular weight is 500 g/mol. The van der Waals surface area contributed by atoms with Crippen molar-refractivity contribution in [3.05, 3.63) is 46.9 Å². The first-order valence-electron chi connectivity index (χ1n) is 10.5. The summed E-state index contributed by atoms with van der Waals surface area (Å²) >= 11 is 1.53. The molecule has 0 aliphatic carbocycles. The number of amides is 2. The number of carbonyl (C=O) groups is 3. The number of nitrogens with one attached hydrogen (secondary N) is 1. The normalized spacial score (nSPS) is 24.3. The fourth-order valence-corrected chi connectivity index (χ4v) is 4.71. The minimum atomic E-state index is -5.08. The molecule has 3 unspecified atom stereocenters. The van der Waals surface area contributed by atoms with Crippen LogP contribution in [0.1, 0.15) is 36.5 Å². The van der Waals surface area contributed by atoms with E-state index in [0.717, 1.165) is 18.4 Å². The van der Waals surface area contributed by atoms with Crippen molar-refractivity contribution in [2.75, 3.05) is 18.4 Å². The molecular formula is C22H24F3N3O5S. The number of carbonyl (C=O) groups excluding carboxylic acids is 2. The molecule has 2 fully saturated rings. The van der Waals surface area contributed by atoms with Crippen LogP contribution in [0, 0.1) is 5.92 Å². The first kappa shape index (κ1) is 25.6. The van der Waals surface area contributed by atoms with Crippen LogP contribution in [0.15, 0.2) is 41.4 Å². The second kappa shape index (κ2) is 10.5. The standard InChI is InChI=1S/C20H23N3O3S.C2HF3O2/c1-14-12-23(19(25)15-5-10-27-13-15)9-7-20(14)6-4-17(26-20)18(24)22-16-3-2-8-21-11-16;3-2(4,5)1(6)7/h2-3,5,8,10-11,13-14,17H,4,6-7,9,12H2,1H3,(H,22,24);(H,6,7). The molecule has 0 aromatic carbocycles. The molecule has 0 radical (unpaired) electrons. The Kier molecular flexibility index (Phi) is 7.93. The largest absolute Gasteiger partial charge is 0.490 e. The van der Waals surface area contributed by atoms with E-state index in [2.05, 4.69) is 17.2 Å². The minimum absolute atomic E-state index is 0.0850. The molecule has 2 aromatic heterocycles. The number of anilines is 1. The molecular weight excluding hydrogens is 475 g/mol. The highest BCUT2D eigenvalue weighted by Gasteiger charge is 2.49. The van der Waals surface area contributed by atoms with E-state index in [1.54, 1.807) is 18.5 Å². The third-order valence-electron chi connectivity index (χ3n) is 5.92. The minimum Gasteiger partial charge on any atom is -0.475 e. The lowest BCUT2D eigenvalue weighted by atomic mass is 9.80. The predicted molar refractivity (Wildman–Crippen MR) is 117 cm³/mol. The maximum absolute atomic E-state index is 12.6. The second-order valence-corrected chi connectivity index (χ2v) is 8.94. The summed E-state index contributed by atoms with van der Waals surface area (Å²) in [6.07, 6.45) is 0.0745. The molecule has 4 rings (SSSR count). The fraction of sp³-hybridized carbons (Fsp3) is 0.455. The van der Waals surface area contributed by atoms with Crippen LogP contribution >= 0.6 is 11.3 Å². The number of alkyl halides is 3. The third kappa shape index (κ3) is 6.11. The molecule has 2 saturated heterocycles. The summed E-state index contributed by atoms with van der Waals surface area (Å²) in [7, 11) is 0. The van der Waals surface area contributed by atoms with Crippen molar-refractivity contribution in [2.24, 2.45) is 5.92 Å². The SMILES string of the molecule is CC1CN(C(=O)c2ccsc2)CCC12CCC(C(=O)Nc1cccnc1)O2.O=C(O)C(F)(F)F. The van der Waals surface area contributed by atoms with Gasteiger partial charge < -0.3 is 20.1 Å². The third-order valence-corrected chi connectivity index (χ3v) is 6.61. The van der Waals surface area contributed by atoms with Gasteiger partial charge in [-0.3, -0.25) is 14.6 Å². The summed E-state index contributed by atoms with van der Waals surface area (Å²) in [6.45, 7) is 3.44. The number of carboxylic acids is 1. The molecule has 2 amide bonds. The van der Waals surface area contributed by atoms with E-state index in [0.29, 0.717) is 25.2 Å². The predicted octanol–water partition coefficient (Wildman–Crippen LogP) is 3.81. The fourth-order valence-electron chi connectivity index (χ4n) is 4.08. The molecule has 2 N–H and O–H groups in total. The summed E-state index contributed by atoms with van der Waals surface area (Å²) in [4.78, 5) is 40.0. The van der Waals surface area contributed by atoms with Crippen LogP contribution in [-0.4, -0.2) is 63.7 Å². The molecule has 0 bridgehead atoms. The van der Waals surface area contributed by atoms with Crippen LogP contribution < -0.4 is 5.32 Å². The number of halogens is 3. The van der Waals surface area contributed by atoms with Gasteiger partial charge in [0.05, 0.1) is 23.0 Å². The van der Waals surface area contributed by atoms with Crippen LogP contribution in [0.3, 0.4) is 0 Å². The van der Waals surface area contributed by atoms with Crippen molar-refractivity contribution in [1.29, 1.82) is 0 Å². The average Bonchev–Trinajstić information content (AvgIpc) is 3.47. The number of hydrogen-bond acceptors (Lipinski definition) is 6. The number of aliphatic carboxylic acids is 1. The number of likely N-dealkylation sites (tertiary alicyclic amines) is 1. The summed E-state index contributed by atoms with van der Waals surface area (Å²) in [5.41, 5.74) is 1.11. The Bertz CT molecular complexity index is 1000. The lowest BCUT2D eigenvalue weighted by Gasteiger charge is -2.44. The Morgan fingerprint density at radius 2 is 2.03 bits per heavy atom. The number of pyridine rings is 1. The molecule has 2 aromatic rings. The van der Waals surface area contributed by atoms with Crippen LogP contribution in [-0.2, 0) is 14.3 Å². The van der Waals surface area contributed by atoms with Gasteiger partial charge in [-0.2, -0.15) is 24.5 Å². The lowest BCUT2D eigenvalue weighted by molar-refractivity contribution is -0.192. The van der Waals surface area contributed by atoms with Crippen molar-refractivity contribution < 1.29 is 37.4 Å². The lowest BCUT2D eigenvalue weighted by Crippen LogP contribution is -2.52. The van der Waals surface area contributed by atoms with Crippen LogP contribution in [0.4, 0.5) is 18.9 Å². The molecule has 12 heteroatoms. The van der Waals surface area contributed by atoms with Gasteiger partial charge in [-0.05, 0) is 42.8 Å². The van der Waals surface area contributed by atoms with Crippen molar-refractivity contribution in [2.45, 2.75) is 44.1 Å². The van der Waals surface area contributed by atoms with Gasteiger partial charge in [0.15, 0.2) is 0 Å². The molecule has 4 heterocycles. The Labute approximate surface area is 197 Å². The number of nitrogens with zero attached hydrogens (tertiary/aromatic N) is 2. The first-order chi connectivity index (χ1) is 16.0. The van der Waals surface area contributed by atoms with Gasteiger partial charge in [0, 0.05) is 30.6 Å². The first-order valence-corrected chi connectivity index (χ1v) is 11.5. The van der Waals surface area contributed by atoms with Crippen LogP contribution in [0.2, 0.25) is 0 Å². The summed E-state index contributed by atoms with van der Waals surface area (Å²) in [6, 6.07) is 5.47. The molecule has 3 atom stereocenters. The van der Waals surface area contributed by atoms with E-state index in [4.69, 9.17) is 14.6 Å². The van der Waals surface area contributed by atoms with Gasteiger partial charge >= 0.3 is 12.1 Å². The van der Waals surface area contributed by atoms with Crippen molar-refractivity contribution >= 4 is 34.8 Å². The van der Waals surface area contributed by atoms with E-state index in [9.17, 15) is 22.8 Å². The number of carboxylic acid groups (broad SMARTS) is 1. The summed E-state index contributed by atoms with van der Waals surface area (Å²) in [5.74, 6) is -2.61. The molecule has 34 heavy (non-hydrogen) atoms. The number of aromatic nitrogens is 1. The topological polar surface area (TPSA) is 109 Å². The van der Waals surface area contributed by atoms with E-state index in [1.165, 1.54) is 11.3 Å². The van der Waals surface area contributed by atoms with Gasteiger partial charge in [0.1, 0.15) is 6.10 Å². The van der Waals surface area contributed by atoms with Crippen molar-refractivity contribution in [1.82, 2.24) is 9.88 Å². The zero-order chi connectivity index (χ0) is 24.9. The quantitative estimate of drug-likeness (QED) is 0.665. The molecule has 2 aliphatic rings. The Morgan fingerprint density at radius 3 is 2.59 bits per heavy atom. The van der Waals surface area contributed by atoms with E-state index >= 15 is 0 Å². The molecule has 0 saturated carbocycles.